The van der Waals surface area contributed by atoms with Gasteiger partial charge in [-0.05, 0) is 48.7 Å². The molecule has 0 unspecified atom stereocenters. The van der Waals surface area contributed by atoms with E-state index in [1.165, 1.54) is 5.56 Å². The highest BCUT2D eigenvalue weighted by atomic mass is 35.5. The molecule has 0 saturated heterocycles. The molecule has 1 aliphatic heterocycles. The van der Waals surface area contributed by atoms with Crippen LogP contribution in [0.4, 0.5) is 5.69 Å². The lowest BCUT2D eigenvalue weighted by atomic mass is 9.93. The molecule has 1 aliphatic rings. The van der Waals surface area contributed by atoms with Gasteiger partial charge in [0, 0.05) is 28.4 Å². The molecule has 0 fully saturated rings. The summed E-state index contributed by atoms with van der Waals surface area (Å²) in [5.74, 6) is 0. The first kappa shape index (κ1) is 18.7. The zero-order valence-electron chi connectivity index (χ0n) is 15.3. The standard InChI is InChI=1S/C22H19ClN2O2S/c1-15-20(23)7-4-8-21(15)28(26,27)25-18-11-9-17(10-12-18)22-19-6-3-2-5-16(19)13-14-24-22/h2-12,25H,13-14H2,1H3. The molecule has 0 atom stereocenters. The van der Waals surface area contributed by atoms with E-state index in [1.807, 2.05) is 24.3 Å². The van der Waals surface area contributed by atoms with E-state index in [1.54, 1.807) is 37.3 Å². The van der Waals surface area contributed by atoms with E-state index in [-0.39, 0.29) is 4.90 Å². The van der Waals surface area contributed by atoms with E-state index in [0.29, 0.717) is 16.3 Å². The molecular formula is C22H19ClN2O2S. The number of fused-ring (bicyclic) bond motifs is 1. The van der Waals surface area contributed by atoms with E-state index in [0.717, 1.165) is 29.8 Å². The van der Waals surface area contributed by atoms with Crippen LogP contribution in [-0.2, 0) is 16.4 Å². The number of hydrogen-bond donors (Lipinski definition) is 1. The molecule has 1 N–H and O–H groups in total. The van der Waals surface area contributed by atoms with E-state index < -0.39 is 10.0 Å². The molecule has 0 amide bonds. The highest BCUT2D eigenvalue weighted by Gasteiger charge is 2.19. The first-order chi connectivity index (χ1) is 13.5. The van der Waals surface area contributed by atoms with E-state index in [2.05, 4.69) is 21.8 Å². The predicted molar refractivity (Wildman–Crippen MR) is 114 cm³/mol. The molecule has 0 spiro atoms. The first-order valence-electron chi connectivity index (χ1n) is 8.97. The fraction of sp³-hybridized carbons (Fsp3) is 0.136. The lowest BCUT2D eigenvalue weighted by Gasteiger charge is -2.17. The summed E-state index contributed by atoms with van der Waals surface area (Å²) in [7, 11) is -3.72. The minimum Gasteiger partial charge on any atom is -0.284 e. The van der Waals surface area contributed by atoms with Gasteiger partial charge in [0.1, 0.15) is 0 Å². The molecule has 0 aliphatic carbocycles. The van der Waals surface area contributed by atoms with Crippen LogP contribution in [0.3, 0.4) is 0 Å². The third-order valence-electron chi connectivity index (χ3n) is 4.84. The zero-order valence-corrected chi connectivity index (χ0v) is 16.9. The minimum atomic E-state index is -3.72. The summed E-state index contributed by atoms with van der Waals surface area (Å²) < 4.78 is 28.1. The molecule has 1 heterocycles. The Morgan fingerprint density at radius 1 is 0.964 bits per heavy atom. The van der Waals surface area contributed by atoms with Crippen molar-refractivity contribution in [1.29, 1.82) is 0 Å². The molecule has 3 aromatic rings. The Morgan fingerprint density at radius 2 is 1.71 bits per heavy atom. The SMILES string of the molecule is Cc1c(Cl)cccc1S(=O)(=O)Nc1ccc(C2=NCCc3ccccc32)cc1. The van der Waals surface area contributed by atoms with Gasteiger partial charge in [0.2, 0.25) is 0 Å². The molecular weight excluding hydrogens is 392 g/mol. The van der Waals surface area contributed by atoms with Gasteiger partial charge in [0.25, 0.3) is 10.0 Å². The predicted octanol–water partition coefficient (Wildman–Crippen LogP) is 4.84. The van der Waals surface area contributed by atoms with Gasteiger partial charge in [-0.2, -0.15) is 0 Å². The fourth-order valence-electron chi connectivity index (χ4n) is 3.37. The van der Waals surface area contributed by atoms with Gasteiger partial charge >= 0.3 is 0 Å². The van der Waals surface area contributed by atoms with E-state index in [4.69, 9.17) is 11.6 Å². The summed E-state index contributed by atoms with van der Waals surface area (Å²) in [6, 6.07) is 20.4. The molecule has 0 radical (unpaired) electrons. The van der Waals surface area contributed by atoms with Crippen molar-refractivity contribution in [3.63, 3.8) is 0 Å². The molecule has 3 aromatic carbocycles. The largest absolute Gasteiger partial charge is 0.284 e. The Morgan fingerprint density at radius 3 is 2.50 bits per heavy atom. The Hall–Kier alpha value is -2.63. The highest BCUT2D eigenvalue weighted by Crippen LogP contribution is 2.26. The van der Waals surface area contributed by atoms with Crippen molar-refractivity contribution in [2.45, 2.75) is 18.2 Å². The van der Waals surface area contributed by atoms with Gasteiger partial charge in [-0.3, -0.25) is 9.71 Å². The second-order valence-electron chi connectivity index (χ2n) is 6.68. The molecule has 4 rings (SSSR count). The number of nitrogens with zero attached hydrogens (tertiary/aromatic N) is 1. The monoisotopic (exact) mass is 410 g/mol. The number of anilines is 1. The summed E-state index contributed by atoms with van der Waals surface area (Å²) in [5, 5.41) is 0.423. The minimum absolute atomic E-state index is 0.176. The van der Waals surface area contributed by atoms with Crippen LogP contribution in [0.5, 0.6) is 0 Å². The van der Waals surface area contributed by atoms with Crippen molar-refractivity contribution < 1.29 is 8.42 Å². The average Bonchev–Trinajstić information content (AvgIpc) is 2.70. The molecule has 0 aromatic heterocycles. The number of rotatable bonds is 4. The van der Waals surface area contributed by atoms with Crippen LogP contribution in [0.1, 0.15) is 22.3 Å². The van der Waals surface area contributed by atoms with Gasteiger partial charge in [-0.15, -0.1) is 0 Å². The Kier molecular flexibility index (Phi) is 4.96. The second-order valence-corrected chi connectivity index (χ2v) is 8.74. The maximum atomic E-state index is 12.7. The van der Waals surface area contributed by atoms with Crippen molar-refractivity contribution >= 4 is 33.0 Å². The number of halogens is 1. The van der Waals surface area contributed by atoms with Crippen molar-refractivity contribution in [3.05, 3.63) is 94.0 Å². The first-order valence-corrected chi connectivity index (χ1v) is 10.8. The molecule has 0 bridgehead atoms. The number of benzene rings is 3. The summed E-state index contributed by atoms with van der Waals surface area (Å²) in [4.78, 5) is 4.85. The third-order valence-corrected chi connectivity index (χ3v) is 6.78. The number of aliphatic imine (C=N–C) groups is 1. The van der Waals surface area contributed by atoms with Gasteiger partial charge < -0.3 is 0 Å². The summed E-state index contributed by atoms with van der Waals surface area (Å²) in [6.07, 6.45) is 0.941. The topological polar surface area (TPSA) is 58.5 Å². The van der Waals surface area contributed by atoms with Crippen molar-refractivity contribution in [3.8, 4) is 0 Å². The van der Waals surface area contributed by atoms with Crippen molar-refractivity contribution in [2.75, 3.05) is 11.3 Å². The Labute approximate surface area is 170 Å². The third kappa shape index (κ3) is 3.55. The summed E-state index contributed by atoms with van der Waals surface area (Å²) >= 11 is 6.07. The van der Waals surface area contributed by atoms with Crippen molar-refractivity contribution in [1.82, 2.24) is 0 Å². The number of nitrogens with one attached hydrogen (secondary N) is 1. The van der Waals surface area contributed by atoms with Crippen molar-refractivity contribution in [2.24, 2.45) is 4.99 Å². The number of sulfonamides is 1. The van der Waals surface area contributed by atoms with Gasteiger partial charge in [-0.1, -0.05) is 54.1 Å². The molecule has 6 heteroatoms. The molecule has 0 saturated carbocycles. The zero-order chi connectivity index (χ0) is 19.7. The highest BCUT2D eigenvalue weighted by molar-refractivity contribution is 7.92. The van der Waals surface area contributed by atoms with Crippen LogP contribution >= 0.6 is 11.6 Å². The Bertz CT molecular complexity index is 1170. The van der Waals surface area contributed by atoms with Gasteiger partial charge in [0.15, 0.2) is 0 Å². The Balaban J connectivity index is 1.61. The molecule has 28 heavy (non-hydrogen) atoms. The smallest absolute Gasteiger partial charge is 0.262 e. The summed E-state index contributed by atoms with van der Waals surface area (Å²) in [5.41, 5.74) is 5.36. The van der Waals surface area contributed by atoms with E-state index >= 15 is 0 Å². The van der Waals surface area contributed by atoms with Crippen LogP contribution in [0, 0.1) is 6.92 Å². The maximum absolute atomic E-state index is 12.7. The molecule has 4 nitrogen and oxygen atoms in total. The summed E-state index contributed by atoms with van der Waals surface area (Å²) in [6.45, 7) is 2.45. The number of hydrogen-bond acceptors (Lipinski definition) is 3. The van der Waals surface area contributed by atoms with Crippen LogP contribution in [0.25, 0.3) is 0 Å². The van der Waals surface area contributed by atoms with Crippen LogP contribution < -0.4 is 4.72 Å². The van der Waals surface area contributed by atoms with Gasteiger partial charge in [-0.25, -0.2) is 8.42 Å². The van der Waals surface area contributed by atoms with Gasteiger partial charge in [0.05, 0.1) is 10.6 Å². The maximum Gasteiger partial charge on any atom is 0.262 e. The fourth-order valence-corrected chi connectivity index (χ4v) is 4.93. The quantitative estimate of drug-likeness (QED) is 0.668. The average molecular weight is 411 g/mol. The second kappa shape index (κ2) is 7.41. The lowest BCUT2D eigenvalue weighted by Crippen LogP contribution is -2.15. The van der Waals surface area contributed by atoms with E-state index in [9.17, 15) is 8.42 Å². The van der Waals surface area contributed by atoms with Crippen LogP contribution in [0.2, 0.25) is 5.02 Å². The molecule has 142 valence electrons. The van der Waals surface area contributed by atoms with Crippen LogP contribution in [-0.4, -0.2) is 20.7 Å². The van der Waals surface area contributed by atoms with Crippen LogP contribution in [0.15, 0.2) is 76.6 Å². The normalized spacial score (nSPS) is 13.6. The lowest BCUT2D eigenvalue weighted by molar-refractivity contribution is 0.600.